The molecule has 1 aromatic carbocycles. The van der Waals surface area contributed by atoms with E-state index in [1.165, 1.54) is 12.8 Å². The van der Waals surface area contributed by atoms with Crippen LogP contribution < -0.4 is 0 Å². The fraction of sp³-hybridized carbons (Fsp3) is 0.538. The highest BCUT2D eigenvalue weighted by Crippen LogP contribution is 2.65. The average Bonchev–Trinajstić information content (AvgIpc) is 2.98. The van der Waals surface area contributed by atoms with Crippen molar-refractivity contribution in [3.8, 4) is 0 Å². The van der Waals surface area contributed by atoms with Crippen LogP contribution in [-0.4, -0.2) is 17.8 Å². The first-order chi connectivity index (χ1) is 6.66. The summed E-state index contributed by atoms with van der Waals surface area (Å²) in [5.74, 6) is 1.01. The minimum absolute atomic E-state index is 0.527. The topological polar surface area (TPSA) is 0 Å². The Bertz CT molecular complexity index is 302. The fourth-order valence-electron chi connectivity index (χ4n) is 2.32. The Labute approximate surface area is 89.0 Å². The van der Waals surface area contributed by atoms with Crippen LogP contribution in [0.25, 0.3) is 0 Å². The van der Waals surface area contributed by atoms with Gasteiger partial charge in [-0.25, -0.2) is 10.0 Å². The van der Waals surface area contributed by atoms with Gasteiger partial charge in [0.1, 0.15) is 0 Å². The van der Waals surface area contributed by atoms with E-state index in [0.717, 1.165) is 11.2 Å². The first kappa shape index (κ1) is 10.1. The summed E-state index contributed by atoms with van der Waals surface area (Å²) in [6.45, 7) is 2.32. The summed E-state index contributed by atoms with van der Waals surface area (Å²) >= 11 is 0. The highest BCUT2D eigenvalue weighted by molar-refractivity contribution is 8.33. The summed E-state index contributed by atoms with van der Waals surface area (Å²) in [5, 5.41) is 0.995. The van der Waals surface area contributed by atoms with Gasteiger partial charge in [0, 0.05) is 0 Å². The second-order valence-corrected chi connectivity index (χ2v) is 8.55. The van der Waals surface area contributed by atoms with E-state index in [0.29, 0.717) is 0 Å². The van der Waals surface area contributed by atoms with Crippen molar-refractivity contribution in [1.29, 1.82) is 0 Å². The molecule has 2 atom stereocenters. The van der Waals surface area contributed by atoms with Gasteiger partial charge in [0.2, 0.25) is 0 Å². The van der Waals surface area contributed by atoms with E-state index in [9.17, 15) is 0 Å². The monoisotopic (exact) mass is 208 g/mol. The Morgan fingerprint density at radius 2 is 1.86 bits per heavy atom. The van der Waals surface area contributed by atoms with Crippen LogP contribution in [0.1, 0.15) is 19.8 Å². The minimum Gasteiger partial charge on any atom is -0.217 e. The molecular formula is C13H20S. The lowest BCUT2D eigenvalue weighted by Crippen LogP contribution is -2.04. The molecule has 1 aliphatic carbocycles. The molecule has 0 unspecified atom stereocenters. The summed E-state index contributed by atoms with van der Waals surface area (Å²) < 4.78 is 0. The summed E-state index contributed by atoms with van der Waals surface area (Å²) in [6.07, 6.45) is 7.78. The van der Waals surface area contributed by atoms with Crippen LogP contribution in [0.3, 0.4) is 0 Å². The van der Waals surface area contributed by atoms with Gasteiger partial charge >= 0.3 is 0 Å². The van der Waals surface area contributed by atoms with Crippen molar-refractivity contribution in [2.75, 3.05) is 12.5 Å². The first-order valence-electron chi connectivity index (χ1n) is 5.43. The maximum atomic E-state index is 2.47. The van der Waals surface area contributed by atoms with Gasteiger partial charge in [-0.15, -0.1) is 0 Å². The molecule has 0 aliphatic heterocycles. The van der Waals surface area contributed by atoms with Gasteiger partial charge in [-0.1, -0.05) is 43.7 Å². The maximum Gasteiger partial charge on any atom is -0.00468 e. The van der Waals surface area contributed by atoms with Crippen LogP contribution in [0.2, 0.25) is 0 Å². The standard InChI is InChI=1S/C13H20S/c1-4-11-10-13(11)14(2,3)12-8-6-5-7-9-12/h5-9,11,13H,4,10H2,1-3H3/t11-,13-/m0/s1. The highest BCUT2D eigenvalue weighted by Gasteiger charge is 2.44. The van der Waals surface area contributed by atoms with Gasteiger partial charge in [-0.2, -0.15) is 0 Å². The van der Waals surface area contributed by atoms with Gasteiger partial charge in [-0.3, -0.25) is 0 Å². The number of hydrogen-bond acceptors (Lipinski definition) is 0. The van der Waals surface area contributed by atoms with Crippen molar-refractivity contribution in [3.05, 3.63) is 30.3 Å². The van der Waals surface area contributed by atoms with Crippen LogP contribution in [0.5, 0.6) is 0 Å². The van der Waals surface area contributed by atoms with Crippen LogP contribution in [0.4, 0.5) is 0 Å². The molecule has 1 aromatic rings. The molecular weight excluding hydrogens is 188 g/mol. The largest absolute Gasteiger partial charge is 0.217 e. The molecule has 0 aromatic heterocycles. The summed E-state index contributed by atoms with van der Waals surface area (Å²) in [4.78, 5) is 1.58. The van der Waals surface area contributed by atoms with Crippen LogP contribution in [0, 0.1) is 5.92 Å². The quantitative estimate of drug-likeness (QED) is 0.706. The number of hydrogen-bond donors (Lipinski definition) is 0. The Balaban J connectivity index is 2.17. The van der Waals surface area contributed by atoms with E-state index >= 15 is 0 Å². The Morgan fingerprint density at radius 1 is 1.21 bits per heavy atom. The SMILES string of the molecule is CC[C@H]1C[C@@H]1S(C)(C)c1ccccc1. The third-order valence-electron chi connectivity index (χ3n) is 3.49. The summed E-state index contributed by atoms with van der Waals surface area (Å²) in [5.41, 5.74) is 0. The van der Waals surface area contributed by atoms with Gasteiger partial charge in [0.25, 0.3) is 0 Å². The Hall–Kier alpha value is -0.430. The molecule has 0 saturated heterocycles. The molecule has 0 bridgehead atoms. The van der Waals surface area contributed by atoms with Crippen molar-refractivity contribution in [2.45, 2.75) is 29.9 Å². The molecule has 0 nitrogen and oxygen atoms in total. The lowest BCUT2D eigenvalue weighted by molar-refractivity contribution is 0.801. The van der Waals surface area contributed by atoms with Crippen LogP contribution in [-0.2, 0) is 0 Å². The predicted molar refractivity (Wildman–Crippen MR) is 66.3 cm³/mol. The second-order valence-electron chi connectivity index (χ2n) is 4.66. The smallest absolute Gasteiger partial charge is 0.00468 e. The first-order valence-corrected chi connectivity index (χ1v) is 7.94. The van der Waals surface area contributed by atoms with Gasteiger partial charge in [0.05, 0.1) is 0 Å². The van der Waals surface area contributed by atoms with Crippen molar-refractivity contribution in [2.24, 2.45) is 5.92 Å². The number of benzene rings is 1. The second kappa shape index (κ2) is 3.62. The van der Waals surface area contributed by atoms with E-state index in [2.05, 4.69) is 49.8 Å². The van der Waals surface area contributed by atoms with E-state index < -0.39 is 10.0 Å². The maximum absolute atomic E-state index is 2.47. The molecule has 14 heavy (non-hydrogen) atoms. The van der Waals surface area contributed by atoms with E-state index in [4.69, 9.17) is 0 Å². The zero-order valence-electron chi connectivity index (χ0n) is 9.36. The number of rotatable bonds is 3. The van der Waals surface area contributed by atoms with Gasteiger partial charge in [0.15, 0.2) is 0 Å². The molecule has 1 saturated carbocycles. The lowest BCUT2D eigenvalue weighted by atomic mass is 10.3. The highest BCUT2D eigenvalue weighted by atomic mass is 32.3. The minimum atomic E-state index is -0.527. The van der Waals surface area contributed by atoms with Crippen molar-refractivity contribution in [3.63, 3.8) is 0 Å². The van der Waals surface area contributed by atoms with Crippen molar-refractivity contribution >= 4 is 10.0 Å². The molecule has 0 N–H and O–H groups in total. The summed E-state index contributed by atoms with van der Waals surface area (Å²) in [7, 11) is -0.527. The molecule has 0 heterocycles. The molecule has 0 spiro atoms. The van der Waals surface area contributed by atoms with Crippen LogP contribution >= 0.6 is 10.0 Å². The third-order valence-corrected chi connectivity index (χ3v) is 7.07. The van der Waals surface area contributed by atoms with E-state index in [-0.39, 0.29) is 0 Å². The molecule has 1 aliphatic rings. The molecule has 1 fully saturated rings. The molecule has 78 valence electrons. The zero-order chi connectivity index (χ0) is 10.2. The fourth-order valence-corrected chi connectivity index (χ4v) is 5.41. The average molecular weight is 208 g/mol. The van der Waals surface area contributed by atoms with E-state index in [1.54, 1.807) is 4.90 Å². The molecule has 0 radical (unpaired) electrons. The van der Waals surface area contributed by atoms with Gasteiger partial charge < -0.3 is 0 Å². The predicted octanol–water partition coefficient (Wildman–Crippen LogP) is 3.91. The normalized spacial score (nSPS) is 27.4. The van der Waals surface area contributed by atoms with Crippen molar-refractivity contribution < 1.29 is 0 Å². The van der Waals surface area contributed by atoms with E-state index in [1.807, 2.05) is 0 Å². The molecule has 0 amide bonds. The van der Waals surface area contributed by atoms with Crippen LogP contribution in [0.15, 0.2) is 35.2 Å². The summed E-state index contributed by atoms with van der Waals surface area (Å²) in [6, 6.07) is 11.1. The Kier molecular flexibility index (Phi) is 2.61. The lowest BCUT2D eigenvalue weighted by Gasteiger charge is -2.32. The third kappa shape index (κ3) is 1.70. The zero-order valence-corrected chi connectivity index (χ0v) is 10.2. The molecule has 1 heteroatoms. The Morgan fingerprint density at radius 3 is 2.36 bits per heavy atom. The van der Waals surface area contributed by atoms with Gasteiger partial charge in [-0.05, 0) is 35.0 Å². The molecule has 2 rings (SSSR count). The van der Waals surface area contributed by atoms with Crippen molar-refractivity contribution in [1.82, 2.24) is 0 Å².